The van der Waals surface area contributed by atoms with Crippen LogP contribution in [0.25, 0.3) is 0 Å². The third kappa shape index (κ3) is 6.21. The molecule has 0 N–H and O–H groups in total. The van der Waals surface area contributed by atoms with Gasteiger partial charge in [-0.25, -0.2) is 0 Å². The Kier molecular flexibility index (Phi) is 8.56. The van der Waals surface area contributed by atoms with Gasteiger partial charge in [0, 0.05) is 18.4 Å². The molecule has 0 radical (unpaired) electrons. The summed E-state index contributed by atoms with van der Waals surface area (Å²) in [5.74, 6) is 0.572. The van der Waals surface area contributed by atoms with E-state index in [-0.39, 0.29) is 23.9 Å². The van der Waals surface area contributed by atoms with E-state index in [1.807, 2.05) is 0 Å². The second-order valence-corrected chi connectivity index (χ2v) is 7.20. The van der Waals surface area contributed by atoms with Crippen LogP contribution in [0.2, 0.25) is 0 Å². The van der Waals surface area contributed by atoms with Crippen LogP contribution in [0.3, 0.4) is 0 Å². The molecule has 0 saturated heterocycles. The zero-order valence-corrected chi connectivity index (χ0v) is 16.8. The number of Topliss-reactive ketones (excluding diaryl/α,β-unsaturated/α-hetero) is 1. The summed E-state index contributed by atoms with van der Waals surface area (Å²) in [5, 5.41) is 13.2. The average molecular weight is 396 g/mol. The first-order chi connectivity index (χ1) is 13.0. The first-order valence-corrected chi connectivity index (χ1v) is 9.78. The van der Waals surface area contributed by atoms with E-state index in [4.69, 9.17) is 18.9 Å². The van der Waals surface area contributed by atoms with Gasteiger partial charge < -0.3 is 24.1 Å². The van der Waals surface area contributed by atoms with Gasteiger partial charge in [0.2, 0.25) is 0 Å². The third-order valence-electron chi connectivity index (χ3n) is 4.10. The summed E-state index contributed by atoms with van der Waals surface area (Å²) in [6.45, 7) is 5.96. The first kappa shape index (κ1) is 21.7. The number of ketones is 1. The number of nitrogens with zero attached hydrogens (tertiary/aromatic N) is 1. The molecule has 1 heterocycles. The minimum absolute atomic E-state index is 0.00629. The van der Waals surface area contributed by atoms with Crippen molar-refractivity contribution >= 4 is 22.6 Å². The molecule has 1 aromatic rings. The standard InChI is InChI=1S/C19H27NO6S/c1-14(21)19(2)13-27-18(20-19)15-5-4-6-16(17(15)22)26-12-11-25-10-9-24-8-7-23-3/h4-6,22H,7-13H2,1-3H3/p-1/t19-/m1/s1. The summed E-state index contributed by atoms with van der Waals surface area (Å²) in [6, 6.07) is 5.09. The van der Waals surface area contributed by atoms with E-state index in [0.717, 1.165) is 0 Å². The van der Waals surface area contributed by atoms with Crippen LogP contribution in [0.15, 0.2) is 23.2 Å². The van der Waals surface area contributed by atoms with Crippen molar-refractivity contribution in [1.82, 2.24) is 0 Å². The topological polar surface area (TPSA) is 89.4 Å². The van der Waals surface area contributed by atoms with Crippen LogP contribution in [0.1, 0.15) is 19.4 Å². The molecule has 1 atom stereocenters. The van der Waals surface area contributed by atoms with E-state index in [9.17, 15) is 9.90 Å². The van der Waals surface area contributed by atoms with Crippen molar-refractivity contribution in [2.75, 3.05) is 52.5 Å². The fourth-order valence-electron chi connectivity index (χ4n) is 2.29. The molecule has 0 amide bonds. The number of para-hydroxylation sites is 1. The second-order valence-electron chi connectivity index (χ2n) is 6.23. The Hall–Kier alpha value is -1.61. The van der Waals surface area contributed by atoms with Crippen LogP contribution < -0.4 is 9.84 Å². The molecular weight excluding hydrogens is 370 g/mol. The molecule has 27 heavy (non-hydrogen) atoms. The van der Waals surface area contributed by atoms with Crippen molar-refractivity contribution in [2.45, 2.75) is 19.4 Å². The van der Waals surface area contributed by atoms with Gasteiger partial charge in [-0.15, -0.1) is 11.8 Å². The molecule has 150 valence electrons. The average Bonchev–Trinajstić information content (AvgIpc) is 3.05. The number of hydrogen-bond donors (Lipinski definition) is 0. The summed E-state index contributed by atoms with van der Waals surface area (Å²) in [4.78, 5) is 16.2. The van der Waals surface area contributed by atoms with E-state index in [1.54, 1.807) is 32.2 Å². The highest BCUT2D eigenvalue weighted by atomic mass is 32.2. The summed E-state index contributed by atoms with van der Waals surface area (Å²) < 4.78 is 21.1. The Balaban J connectivity index is 1.83. The van der Waals surface area contributed by atoms with E-state index < -0.39 is 5.54 Å². The predicted octanol–water partition coefficient (Wildman–Crippen LogP) is 1.66. The maximum Gasteiger partial charge on any atom is 0.157 e. The zero-order chi connectivity index (χ0) is 19.7. The lowest BCUT2D eigenvalue weighted by molar-refractivity contribution is -0.270. The first-order valence-electron chi connectivity index (χ1n) is 8.79. The SMILES string of the molecule is COCCOCCOCCOc1cccc(C2=N[C@@](C)(C(C)=O)CS2)c1[O-]. The fraction of sp³-hybridized carbons (Fsp3) is 0.579. The number of carbonyl (C=O) groups excluding carboxylic acids is 1. The fourth-order valence-corrected chi connectivity index (χ4v) is 3.56. The largest absolute Gasteiger partial charge is 0.869 e. The summed E-state index contributed by atoms with van der Waals surface area (Å²) in [7, 11) is 1.62. The summed E-state index contributed by atoms with van der Waals surface area (Å²) in [6.07, 6.45) is 0. The lowest BCUT2D eigenvalue weighted by Crippen LogP contribution is -2.31. The summed E-state index contributed by atoms with van der Waals surface area (Å²) in [5.41, 5.74) is -0.294. The highest BCUT2D eigenvalue weighted by Gasteiger charge is 2.35. The van der Waals surface area contributed by atoms with Crippen molar-refractivity contribution < 1.29 is 28.8 Å². The molecule has 0 unspecified atom stereocenters. The normalized spacial score (nSPS) is 19.1. The Morgan fingerprint density at radius 2 is 1.85 bits per heavy atom. The van der Waals surface area contributed by atoms with Crippen LogP contribution in [0.4, 0.5) is 0 Å². The predicted molar refractivity (Wildman–Crippen MR) is 103 cm³/mol. The molecule has 0 aliphatic carbocycles. The van der Waals surface area contributed by atoms with Crippen LogP contribution in [0.5, 0.6) is 11.5 Å². The van der Waals surface area contributed by atoms with Gasteiger partial charge in [-0.05, 0) is 19.9 Å². The van der Waals surface area contributed by atoms with Crippen LogP contribution in [0, 0.1) is 0 Å². The van der Waals surface area contributed by atoms with Gasteiger partial charge in [0.25, 0.3) is 0 Å². The van der Waals surface area contributed by atoms with Crippen LogP contribution >= 0.6 is 11.8 Å². The van der Waals surface area contributed by atoms with Gasteiger partial charge in [0.1, 0.15) is 17.9 Å². The lowest BCUT2D eigenvalue weighted by atomic mass is 10.0. The molecule has 0 aromatic heterocycles. The van der Waals surface area contributed by atoms with Gasteiger partial charge in [-0.2, -0.15) is 0 Å². The van der Waals surface area contributed by atoms with E-state index in [0.29, 0.717) is 49.4 Å². The summed E-state index contributed by atoms with van der Waals surface area (Å²) >= 11 is 1.42. The van der Waals surface area contributed by atoms with E-state index in [2.05, 4.69) is 4.99 Å². The molecule has 8 heteroatoms. The van der Waals surface area contributed by atoms with E-state index >= 15 is 0 Å². The lowest BCUT2D eigenvalue weighted by Gasteiger charge is -2.19. The number of thioether (sulfide) groups is 1. The molecule has 2 rings (SSSR count). The molecule has 0 spiro atoms. The maximum atomic E-state index is 12.6. The third-order valence-corrected chi connectivity index (χ3v) is 5.39. The maximum absolute atomic E-state index is 12.6. The molecule has 1 aliphatic rings. The van der Waals surface area contributed by atoms with Crippen molar-refractivity contribution in [3.05, 3.63) is 23.8 Å². The zero-order valence-electron chi connectivity index (χ0n) is 16.0. The number of benzene rings is 1. The molecule has 0 bridgehead atoms. The smallest absolute Gasteiger partial charge is 0.157 e. The van der Waals surface area contributed by atoms with Crippen molar-refractivity contribution in [3.8, 4) is 11.5 Å². The molecule has 0 fully saturated rings. The molecule has 0 saturated carbocycles. The quantitative estimate of drug-likeness (QED) is 0.496. The van der Waals surface area contributed by atoms with Gasteiger partial charge in [-0.3, -0.25) is 9.79 Å². The van der Waals surface area contributed by atoms with Gasteiger partial charge in [-0.1, -0.05) is 17.9 Å². The molecule has 1 aliphatic heterocycles. The number of hydrogen-bond acceptors (Lipinski definition) is 8. The van der Waals surface area contributed by atoms with Gasteiger partial charge in [0.15, 0.2) is 5.78 Å². The van der Waals surface area contributed by atoms with Gasteiger partial charge in [0.05, 0.1) is 38.1 Å². The monoisotopic (exact) mass is 396 g/mol. The number of rotatable bonds is 12. The number of aliphatic imine (C=N–C) groups is 1. The molecular formula is C19H26NO6S-. The molecule has 7 nitrogen and oxygen atoms in total. The Morgan fingerprint density at radius 1 is 1.19 bits per heavy atom. The Labute approximate surface area is 164 Å². The highest BCUT2D eigenvalue weighted by Crippen LogP contribution is 2.36. The van der Waals surface area contributed by atoms with Gasteiger partial charge >= 0.3 is 0 Å². The van der Waals surface area contributed by atoms with Crippen molar-refractivity contribution in [3.63, 3.8) is 0 Å². The van der Waals surface area contributed by atoms with Crippen molar-refractivity contribution in [1.29, 1.82) is 0 Å². The number of methoxy groups -OCH3 is 1. The highest BCUT2D eigenvalue weighted by molar-refractivity contribution is 8.14. The second kappa shape index (κ2) is 10.7. The van der Waals surface area contributed by atoms with Crippen LogP contribution in [-0.2, 0) is 19.0 Å². The molecule has 1 aromatic carbocycles. The van der Waals surface area contributed by atoms with E-state index in [1.165, 1.54) is 18.7 Å². The minimum Gasteiger partial charge on any atom is -0.869 e. The Bertz CT molecular complexity index is 666. The number of carbonyl (C=O) groups is 1. The van der Waals surface area contributed by atoms with Crippen molar-refractivity contribution in [2.24, 2.45) is 4.99 Å². The van der Waals surface area contributed by atoms with Crippen LogP contribution in [-0.4, -0.2) is 68.9 Å². The number of ether oxygens (including phenoxy) is 4. The minimum atomic E-state index is -0.761. The Morgan fingerprint density at radius 3 is 2.48 bits per heavy atom.